The Labute approximate surface area is 85.6 Å². The monoisotopic (exact) mass is 191 g/mol. The summed E-state index contributed by atoms with van der Waals surface area (Å²) in [5.74, 6) is 0. The SMILES string of the molecule is CCCCCO/N=C/c1ccccc1. The zero-order valence-corrected chi connectivity index (χ0v) is 8.65. The molecular formula is C12H17NO. The Morgan fingerprint density at radius 1 is 1.21 bits per heavy atom. The van der Waals surface area contributed by atoms with Crippen LogP contribution in [0.15, 0.2) is 35.5 Å². The zero-order valence-electron chi connectivity index (χ0n) is 8.65. The summed E-state index contributed by atoms with van der Waals surface area (Å²) < 4.78 is 0. The summed E-state index contributed by atoms with van der Waals surface area (Å²) >= 11 is 0. The quantitative estimate of drug-likeness (QED) is 0.384. The Hall–Kier alpha value is -1.31. The van der Waals surface area contributed by atoms with Crippen LogP contribution < -0.4 is 0 Å². The number of benzene rings is 1. The van der Waals surface area contributed by atoms with Gasteiger partial charge in [0.2, 0.25) is 0 Å². The van der Waals surface area contributed by atoms with Gasteiger partial charge < -0.3 is 4.84 Å². The van der Waals surface area contributed by atoms with Crippen LogP contribution in [0.5, 0.6) is 0 Å². The third-order valence-corrected chi connectivity index (χ3v) is 1.92. The van der Waals surface area contributed by atoms with Crippen LogP contribution in [0.3, 0.4) is 0 Å². The molecule has 1 aromatic carbocycles. The van der Waals surface area contributed by atoms with Crippen LogP contribution in [0.25, 0.3) is 0 Å². The Morgan fingerprint density at radius 3 is 2.71 bits per heavy atom. The molecule has 0 aliphatic carbocycles. The molecule has 0 N–H and O–H groups in total. The van der Waals surface area contributed by atoms with Crippen molar-refractivity contribution in [3.8, 4) is 0 Å². The highest BCUT2D eigenvalue weighted by atomic mass is 16.6. The van der Waals surface area contributed by atoms with Gasteiger partial charge in [-0.3, -0.25) is 0 Å². The highest BCUT2D eigenvalue weighted by Crippen LogP contribution is 1.96. The summed E-state index contributed by atoms with van der Waals surface area (Å²) in [5.41, 5.74) is 1.07. The summed E-state index contributed by atoms with van der Waals surface area (Å²) in [4.78, 5) is 5.11. The van der Waals surface area contributed by atoms with Crippen molar-refractivity contribution >= 4 is 6.21 Å². The van der Waals surface area contributed by atoms with E-state index < -0.39 is 0 Å². The predicted octanol–water partition coefficient (Wildman–Crippen LogP) is 3.23. The van der Waals surface area contributed by atoms with E-state index in [1.165, 1.54) is 12.8 Å². The normalized spacial score (nSPS) is 10.6. The van der Waals surface area contributed by atoms with E-state index in [1.807, 2.05) is 30.3 Å². The number of hydrogen-bond acceptors (Lipinski definition) is 2. The number of hydrogen-bond donors (Lipinski definition) is 0. The number of rotatable bonds is 6. The van der Waals surface area contributed by atoms with Gasteiger partial charge in [-0.05, 0) is 12.0 Å². The molecule has 0 heterocycles. The van der Waals surface area contributed by atoms with Crippen molar-refractivity contribution in [1.29, 1.82) is 0 Å². The van der Waals surface area contributed by atoms with Crippen molar-refractivity contribution in [3.05, 3.63) is 35.9 Å². The summed E-state index contributed by atoms with van der Waals surface area (Å²) in [6, 6.07) is 9.95. The molecule has 2 nitrogen and oxygen atoms in total. The van der Waals surface area contributed by atoms with E-state index in [-0.39, 0.29) is 0 Å². The van der Waals surface area contributed by atoms with Crippen molar-refractivity contribution < 1.29 is 4.84 Å². The van der Waals surface area contributed by atoms with Gasteiger partial charge in [0.15, 0.2) is 0 Å². The van der Waals surface area contributed by atoms with Gasteiger partial charge in [-0.2, -0.15) is 0 Å². The molecule has 0 saturated heterocycles. The summed E-state index contributed by atoms with van der Waals surface area (Å²) in [5, 5.41) is 3.89. The summed E-state index contributed by atoms with van der Waals surface area (Å²) in [7, 11) is 0. The smallest absolute Gasteiger partial charge is 0.117 e. The maximum atomic E-state index is 5.11. The maximum absolute atomic E-state index is 5.11. The third-order valence-electron chi connectivity index (χ3n) is 1.92. The Morgan fingerprint density at radius 2 is 2.00 bits per heavy atom. The molecule has 0 saturated carbocycles. The van der Waals surface area contributed by atoms with Gasteiger partial charge in [0, 0.05) is 0 Å². The Bertz CT molecular complexity index is 256. The molecule has 0 spiro atoms. The molecular weight excluding hydrogens is 174 g/mol. The standard InChI is InChI=1S/C12H17NO/c1-2-3-7-10-14-13-11-12-8-5-4-6-9-12/h4-6,8-9,11H,2-3,7,10H2,1H3/b13-11+. The maximum Gasteiger partial charge on any atom is 0.117 e. The molecule has 14 heavy (non-hydrogen) atoms. The fourth-order valence-corrected chi connectivity index (χ4v) is 1.11. The minimum absolute atomic E-state index is 0.719. The Kier molecular flexibility index (Phi) is 5.48. The highest BCUT2D eigenvalue weighted by Gasteiger charge is 1.86. The molecule has 0 fully saturated rings. The van der Waals surface area contributed by atoms with Crippen LogP contribution in [0, 0.1) is 0 Å². The molecule has 2 heteroatoms. The molecule has 0 unspecified atom stereocenters. The first-order valence-electron chi connectivity index (χ1n) is 5.14. The van der Waals surface area contributed by atoms with Crippen molar-refractivity contribution in [2.75, 3.05) is 6.61 Å². The lowest BCUT2D eigenvalue weighted by Gasteiger charge is -1.96. The first-order chi connectivity index (χ1) is 6.93. The predicted molar refractivity (Wildman–Crippen MR) is 59.5 cm³/mol. The van der Waals surface area contributed by atoms with Crippen LogP contribution in [0.4, 0.5) is 0 Å². The molecule has 0 atom stereocenters. The fourth-order valence-electron chi connectivity index (χ4n) is 1.11. The van der Waals surface area contributed by atoms with Gasteiger partial charge in [0.05, 0.1) is 6.21 Å². The second-order valence-electron chi connectivity index (χ2n) is 3.19. The highest BCUT2D eigenvalue weighted by molar-refractivity contribution is 5.78. The minimum atomic E-state index is 0.719. The molecule has 76 valence electrons. The molecule has 0 radical (unpaired) electrons. The van der Waals surface area contributed by atoms with Crippen molar-refractivity contribution in [2.45, 2.75) is 26.2 Å². The molecule has 0 aliphatic heterocycles. The molecule has 0 aromatic heterocycles. The average Bonchev–Trinajstić information content (AvgIpc) is 2.25. The zero-order chi connectivity index (χ0) is 10.1. The van der Waals surface area contributed by atoms with E-state index in [1.54, 1.807) is 6.21 Å². The lowest BCUT2D eigenvalue weighted by atomic mass is 10.2. The molecule has 1 rings (SSSR count). The molecule has 1 aromatic rings. The first-order valence-corrected chi connectivity index (χ1v) is 5.14. The second-order valence-corrected chi connectivity index (χ2v) is 3.19. The lowest BCUT2D eigenvalue weighted by molar-refractivity contribution is 0.141. The fraction of sp³-hybridized carbons (Fsp3) is 0.417. The van der Waals surface area contributed by atoms with Gasteiger partial charge in [-0.25, -0.2) is 0 Å². The van der Waals surface area contributed by atoms with Crippen molar-refractivity contribution in [1.82, 2.24) is 0 Å². The molecule has 0 amide bonds. The van der Waals surface area contributed by atoms with Gasteiger partial charge in [-0.15, -0.1) is 0 Å². The van der Waals surface area contributed by atoms with Crippen molar-refractivity contribution in [2.24, 2.45) is 5.16 Å². The van der Waals surface area contributed by atoms with Gasteiger partial charge in [0.1, 0.15) is 6.61 Å². The van der Waals surface area contributed by atoms with Gasteiger partial charge in [-0.1, -0.05) is 55.3 Å². The van der Waals surface area contributed by atoms with E-state index in [0.717, 1.165) is 18.6 Å². The molecule has 0 bridgehead atoms. The van der Waals surface area contributed by atoms with E-state index in [9.17, 15) is 0 Å². The van der Waals surface area contributed by atoms with E-state index in [2.05, 4.69) is 12.1 Å². The lowest BCUT2D eigenvalue weighted by Crippen LogP contribution is -1.88. The van der Waals surface area contributed by atoms with Gasteiger partial charge in [0.25, 0.3) is 0 Å². The number of oxime groups is 1. The topological polar surface area (TPSA) is 21.6 Å². The van der Waals surface area contributed by atoms with Gasteiger partial charge >= 0.3 is 0 Å². The van der Waals surface area contributed by atoms with Crippen LogP contribution in [0.2, 0.25) is 0 Å². The van der Waals surface area contributed by atoms with Crippen LogP contribution in [0.1, 0.15) is 31.7 Å². The minimum Gasteiger partial charge on any atom is -0.396 e. The largest absolute Gasteiger partial charge is 0.396 e. The van der Waals surface area contributed by atoms with Crippen LogP contribution in [-0.2, 0) is 4.84 Å². The molecule has 0 aliphatic rings. The first kappa shape index (κ1) is 10.8. The second kappa shape index (κ2) is 7.13. The Balaban J connectivity index is 2.15. The van der Waals surface area contributed by atoms with E-state index >= 15 is 0 Å². The number of nitrogens with zero attached hydrogens (tertiary/aromatic N) is 1. The number of unbranched alkanes of at least 4 members (excludes halogenated alkanes) is 2. The van der Waals surface area contributed by atoms with Crippen molar-refractivity contribution in [3.63, 3.8) is 0 Å². The third kappa shape index (κ3) is 4.65. The van der Waals surface area contributed by atoms with E-state index in [0.29, 0.717) is 0 Å². The van der Waals surface area contributed by atoms with E-state index in [4.69, 9.17) is 4.84 Å². The van der Waals surface area contributed by atoms with Crippen LogP contribution >= 0.6 is 0 Å². The van der Waals surface area contributed by atoms with Crippen LogP contribution in [-0.4, -0.2) is 12.8 Å². The summed E-state index contributed by atoms with van der Waals surface area (Å²) in [6.07, 6.45) is 5.25. The summed E-state index contributed by atoms with van der Waals surface area (Å²) in [6.45, 7) is 2.89. The average molecular weight is 191 g/mol.